The topological polar surface area (TPSA) is 111 Å². The van der Waals surface area contributed by atoms with Gasteiger partial charge in [0.25, 0.3) is 0 Å². The van der Waals surface area contributed by atoms with Crippen LogP contribution in [0.15, 0.2) is 0 Å². The van der Waals surface area contributed by atoms with Gasteiger partial charge in [-0.1, -0.05) is 0 Å². The summed E-state index contributed by atoms with van der Waals surface area (Å²) in [6.45, 7) is 8.87. The van der Waals surface area contributed by atoms with Gasteiger partial charge >= 0.3 is 6.09 Å². The largest absolute Gasteiger partial charge is 0.444 e. The van der Waals surface area contributed by atoms with Crippen LogP contribution < -0.4 is 11.1 Å². The van der Waals surface area contributed by atoms with Crippen molar-refractivity contribution in [3.05, 3.63) is 0 Å². The van der Waals surface area contributed by atoms with Crippen LogP contribution in [-0.2, 0) is 19.1 Å². The first-order chi connectivity index (χ1) is 11.4. The van der Waals surface area contributed by atoms with Crippen LogP contribution in [0.3, 0.4) is 0 Å². The standard InChI is InChI=1S/C16H27N3O5S/c1-15(2,3)24-14(22)18-16(4,5)23-7-9-6-11-19(13(9)21)10(8-25-11)12(17)20/h9-11H,6-8H2,1-5H3,(H2,17,20)(H,18,22). The maximum absolute atomic E-state index is 12.5. The second-order valence-electron chi connectivity index (χ2n) is 7.83. The van der Waals surface area contributed by atoms with E-state index in [2.05, 4.69) is 5.32 Å². The van der Waals surface area contributed by atoms with E-state index in [4.69, 9.17) is 15.2 Å². The summed E-state index contributed by atoms with van der Waals surface area (Å²) in [7, 11) is 0. The van der Waals surface area contributed by atoms with Gasteiger partial charge in [-0.2, -0.15) is 0 Å². The van der Waals surface area contributed by atoms with Crippen molar-refractivity contribution in [2.45, 2.75) is 63.8 Å². The highest BCUT2D eigenvalue weighted by atomic mass is 32.2. The molecule has 0 aromatic carbocycles. The highest BCUT2D eigenvalue weighted by molar-refractivity contribution is 8.00. The first-order valence-electron chi connectivity index (χ1n) is 8.28. The molecule has 8 nitrogen and oxygen atoms in total. The van der Waals surface area contributed by atoms with E-state index < -0.39 is 29.4 Å². The van der Waals surface area contributed by atoms with Crippen LogP contribution in [-0.4, -0.2) is 57.9 Å². The minimum Gasteiger partial charge on any atom is -0.444 e. The zero-order valence-electron chi connectivity index (χ0n) is 15.3. The first-order valence-corrected chi connectivity index (χ1v) is 9.33. The van der Waals surface area contributed by atoms with Crippen molar-refractivity contribution in [3.8, 4) is 0 Å². The number of primary amides is 1. The maximum Gasteiger partial charge on any atom is 0.409 e. The van der Waals surface area contributed by atoms with Crippen molar-refractivity contribution in [2.24, 2.45) is 11.7 Å². The summed E-state index contributed by atoms with van der Waals surface area (Å²) in [6.07, 6.45) is 0.0238. The number of amides is 3. The molecule has 2 aliphatic rings. The average molecular weight is 373 g/mol. The fraction of sp³-hybridized carbons (Fsp3) is 0.812. The number of rotatable bonds is 5. The number of thioether (sulfide) groups is 1. The fourth-order valence-electron chi connectivity index (χ4n) is 2.85. The van der Waals surface area contributed by atoms with Crippen LogP contribution in [0.2, 0.25) is 0 Å². The van der Waals surface area contributed by atoms with Gasteiger partial charge in [-0.15, -0.1) is 11.8 Å². The molecule has 0 bridgehead atoms. The number of ether oxygens (including phenoxy) is 2. The smallest absolute Gasteiger partial charge is 0.409 e. The molecule has 2 aliphatic heterocycles. The minimum absolute atomic E-state index is 0.0273. The van der Waals surface area contributed by atoms with E-state index in [-0.39, 0.29) is 23.8 Å². The van der Waals surface area contributed by atoms with Crippen LogP contribution in [0.4, 0.5) is 4.79 Å². The van der Waals surface area contributed by atoms with Gasteiger partial charge < -0.3 is 20.1 Å². The third kappa shape index (κ3) is 5.01. The molecular formula is C16H27N3O5S. The molecule has 2 rings (SSSR count). The number of hydrogen-bond donors (Lipinski definition) is 2. The second-order valence-corrected chi connectivity index (χ2v) is 9.04. The lowest BCUT2D eigenvalue weighted by Crippen LogP contribution is -2.49. The van der Waals surface area contributed by atoms with Gasteiger partial charge in [-0.3, -0.25) is 14.9 Å². The van der Waals surface area contributed by atoms with E-state index in [1.165, 1.54) is 0 Å². The van der Waals surface area contributed by atoms with Crippen molar-refractivity contribution in [1.82, 2.24) is 10.2 Å². The number of nitrogens with one attached hydrogen (secondary N) is 1. The van der Waals surface area contributed by atoms with Crippen LogP contribution in [0.5, 0.6) is 0 Å². The minimum atomic E-state index is -0.980. The van der Waals surface area contributed by atoms with Crippen LogP contribution >= 0.6 is 11.8 Å². The number of carbonyl (C=O) groups is 3. The first kappa shape index (κ1) is 19.8. The monoisotopic (exact) mass is 373 g/mol. The number of nitrogens with two attached hydrogens (primary N) is 1. The van der Waals surface area contributed by atoms with Crippen molar-refractivity contribution in [2.75, 3.05) is 12.4 Å². The summed E-state index contributed by atoms with van der Waals surface area (Å²) in [5.41, 5.74) is 3.79. The Morgan fingerprint density at radius 1 is 1.32 bits per heavy atom. The van der Waals surface area contributed by atoms with E-state index in [9.17, 15) is 14.4 Å². The molecule has 0 saturated carbocycles. The van der Waals surface area contributed by atoms with Gasteiger partial charge in [0.15, 0.2) is 0 Å². The Morgan fingerprint density at radius 3 is 2.52 bits per heavy atom. The van der Waals surface area contributed by atoms with Gasteiger partial charge in [-0.05, 0) is 41.0 Å². The Bertz CT molecular complexity index is 560. The summed E-state index contributed by atoms with van der Waals surface area (Å²) in [6, 6.07) is -0.541. The van der Waals surface area contributed by atoms with Crippen molar-refractivity contribution in [3.63, 3.8) is 0 Å². The lowest BCUT2D eigenvalue weighted by Gasteiger charge is -2.29. The van der Waals surface area contributed by atoms with Gasteiger partial charge in [0.05, 0.1) is 17.9 Å². The predicted molar refractivity (Wildman–Crippen MR) is 93.6 cm³/mol. The summed E-state index contributed by atoms with van der Waals surface area (Å²) in [5, 5.41) is 2.61. The molecule has 0 aromatic rings. The summed E-state index contributed by atoms with van der Waals surface area (Å²) in [4.78, 5) is 37.5. The highest BCUT2D eigenvalue weighted by Gasteiger charge is 2.49. The molecule has 9 heteroatoms. The number of nitrogens with zero attached hydrogens (tertiary/aromatic N) is 1. The van der Waals surface area contributed by atoms with E-state index in [1.807, 2.05) is 0 Å². The molecule has 0 aromatic heterocycles. The maximum atomic E-state index is 12.5. The molecule has 3 atom stereocenters. The van der Waals surface area contributed by atoms with Crippen LogP contribution in [0.25, 0.3) is 0 Å². The van der Waals surface area contributed by atoms with E-state index >= 15 is 0 Å². The van der Waals surface area contributed by atoms with E-state index in [0.717, 1.165) is 0 Å². The molecule has 0 aliphatic carbocycles. The van der Waals surface area contributed by atoms with Crippen molar-refractivity contribution in [1.29, 1.82) is 0 Å². The molecule has 2 saturated heterocycles. The van der Waals surface area contributed by atoms with Crippen LogP contribution in [0, 0.1) is 5.92 Å². The SMILES string of the molecule is CC(C)(C)OC(=O)NC(C)(C)OCC1CC2SCC(C(N)=O)N2C1=O. The Hall–Kier alpha value is -1.48. The average Bonchev–Trinajstić information content (AvgIpc) is 2.94. The van der Waals surface area contributed by atoms with E-state index in [1.54, 1.807) is 51.3 Å². The third-order valence-corrected chi connectivity index (χ3v) is 5.27. The van der Waals surface area contributed by atoms with Gasteiger partial charge in [0, 0.05) is 5.75 Å². The van der Waals surface area contributed by atoms with Crippen LogP contribution in [0.1, 0.15) is 41.0 Å². The Kier molecular flexibility index (Phi) is 5.58. The second kappa shape index (κ2) is 7.03. The molecule has 3 N–H and O–H groups in total. The van der Waals surface area contributed by atoms with Crippen molar-refractivity contribution < 1.29 is 23.9 Å². The molecule has 0 spiro atoms. The molecule has 2 heterocycles. The number of carbonyl (C=O) groups excluding carboxylic acids is 3. The fourth-order valence-corrected chi connectivity index (χ4v) is 4.36. The highest BCUT2D eigenvalue weighted by Crippen LogP contribution is 2.40. The summed E-state index contributed by atoms with van der Waals surface area (Å²) >= 11 is 1.57. The Morgan fingerprint density at radius 2 is 1.96 bits per heavy atom. The summed E-state index contributed by atoms with van der Waals surface area (Å²) in [5.74, 6) is -0.395. The number of hydrogen-bond acceptors (Lipinski definition) is 6. The lowest BCUT2D eigenvalue weighted by atomic mass is 10.1. The van der Waals surface area contributed by atoms with E-state index in [0.29, 0.717) is 12.2 Å². The molecule has 3 amide bonds. The Balaban J connectivity index is 1.88. The normalized spacial score (nSPS) is 26.5. The number of fused-ring (bicyclic) bond motifs is 1. The Labute approximate surface area is 152 Å². The number of alkyl carbamates (subject to hydrolysis) is 1. The molecule has 2 fully saturated rings. The zero-order chi connectivity index (χ0) is 19.0. The van der Waals surface area contributed by atoms with Gasteiger partial charge in [0.1, 0.15) is 17.4 Å². The lowest BCUT2D eigenvalue weighted by molar-refractivity contribution is -0.140. The molecular weight excluding hydrogens is 346 g/mol. The van der Waals surface area contributed by atoms with Gasteiger partial charge in [0.2, 0.25) is 11.8 Å². The molecule has 142 valence electrons. The zero-order valence-corrected chi connectivity index (χ0v) is 16.1. The van der Waals surface area contributed by atoms with Crippen molar-refractivity contribution >= 4 is 29.7 Å². The summed E-state index contributed by atoms with van der Waals surface area (Å²) < 4.78 is 11.0. The molecule has 0 radical (unpaired) electrons. The predicted octanol–water partition coefficient (Wildman–Crippen LogP) is 1.04. The van der Waals surface area contributed by atoms with Gasteiger partial charge in [-0.25, -0.2) is 4.79 Å². The molecule has 3 unspecified atom stereocenters. The molecule has 25 heavy (non-hydrogen) atoms. The quantitative estimate of drug-likeness (QED) is 0.697. The third-order valence-electron chi connectivity index (χ3n) is 3.96.